The minimum atomic E-state index is 0.217. The predicted molar refractivity (Wildman–Crippen MR) is 64.5 cm³/mol. The highest BCUT2D eigenvalue weighted by molar-refractivity contribution is 5.30. The quantitative estimate of drug-likeness (QED) is 0.498. The summed E-state index contributed by atoms with van der Waals surface area (Å²) < 4.78 is 0. The fraction of sp³-hybridized carbons (Fsp3) is 0.583. The Labute approximate surface area is 88.0 Å². The van der Waals surface area contributed by atoms with Gasteiger partial charge < -0.3 is 4.90 Å². The summed E-state index contributed by atoms with van der Waals surface area (Å²) in [4.78, 5) is 5.88. The summed E-state index contributed by atoms with van der Waals surface area (Å²) in [5, 5.41) is 0. The molecule has 0 aliphatic rings. The molecule has 0 atom stereocenters. The maximum atomic E-state index is 3.93. The number of hydrogen-bond donors (Lipinski definition) is 0. The fourth-order valence-corrected chi connectivity index (χ4v) is 0.793. The molecule has 0 N–H and O–H groups in total. The molecule has 2 nitrogen and oxygen atoms in total. The van der Waals surface area contributed by atoms with Crippen molar-refractivity contribution in [3.05, 3.63) is 23.5 Å². The molecular formula is C12H22N2. The largest absolute Gasteiger partial charge is 0.363 e. The van der Waals surface area contributed by atoms with Crippen LogP contribution in [0.3, 0.4) is 0 Å². The van der Waals surface area contributed by atoms with E-state index in [0.29, 0.717) is 0 Å². The van der Waals surface area contributed by atoms with Gasteiger partial charge in [0.25, 0.3) is 0 Å². The van der Waals surface area contributed by atoms with Crippen molar-refractivity contribution in [1.29, 1.82) is 0 Å². The molecule has 0 spiro atoms. The molecule has 0 bridgehead atoms. The van der Waals surface area contributed by atoms with Gasteiger partial charge >= 0.3 is 0 Å². The molecule has 0 aromatic rings. The van der Waals surface area contributed by atoms with Gasteiger partial charge in [0.15, 0.2) is 0 Å². The molecule has 0 rings (SSSR count). The first-order chi connectivity index (χ1) is 6.29. The summed E-state index contributed by atoms with van der Waals surface area (Å²) in [6, 6.07) is 0. The van der Waals surface area contributed by atoms with Gasteiger partial charge in [0.05, 0.1) is 0 Å². The molecule has 14 heavy (non-hydrogen) atoms. The van der Waals surface area contributed by atoms with Gasteiger partial charge in [-0.15, -0.1) is 0 Å². The van der Waals surface area contributed by atoms with Gasteiger partial charge in [-0.25, -0.2) is 4.99 Å². The van der Waals surface area contributed by atoms with Crippen LogP contribution >= 0.6 is 0 Å². The van der Waals surface area contributed by atoms with E-state index in [1.165, 1.54) is 5.57 Å². The van der Waals surface area contributed by atoms with Gasteiger partial charge in [-0.3, -0.25) is 0 Å². The monoisotopic (exact) mass is 194 g/mol. The third-order valence-corrected chi connectivity index (χ3v) is 2.29. The van der Waals surface area contributed by atoms with Gasteiger partial charge in [-0.1, -0.05) is 32.4 Å². The Bertz CT molecular complexity index is 252. The Morgan fingerprint density at radius 2 is 1.71 bits per heavy atom. The van der Waals surface area contributed by atoms with Crippen molar-refractivity contribution in [3.63, 3.8) is 0 Å². The average molecular weight is 194 g/mol. The molecule has 0 amide bonds. The first-order valence-corrected chi connectivity index (χ1v) is 4.82. The average Bonchev–Trinajstić information content (AvgIpc) is 2.02. The van der Waals surface area contributed by atoms with E-state index in [9.17, 15) is 0 Å². The van der Waals surface area contributed by atoms with Gasteiger partial charge in [-0.2, -0.15) is 0 Å². The first-order valence-electron chi connectivity index (χ1n) is 4.82. The molecule has 0 heterocycles. The topological polar surface area (TPSA) is 15.6 Å². The van der Waals surface area contributed by atoms with Crippen molar-refractivity contribution in [3.8, 4) is 0 Å². The van der Waals surface area contributed by atoms with Crippen LogP contribution in [0, 0.1) is 5.41 Å². The summed E-state index contributed by atoms with van der Waals surface area (Å²) in [5.41, 5.74) is 1.55. The Morgan fingerprint density at radius 3 is 2.00 bits per heavy atom. The minimum absolute atomic E-state index is 0.217. The molecule has 0 aliphatic heterocycles. The van der Waals surface area contributed by atoms with Crippen LogP contribution in [0.5, 0.6) is 0 Å². The summed E-state index contributed by atoms with van der Waals surface area (Å²) in [5.74, 6) is 0.883. The fourth-order valence-electron chi connectivity index (χ4n) is 0.793. The molecule has 0 aliphatic carbocycles. The zero-order valence-electron chi connectivity index (χ0n) is 10.3. The van der Waals surface area contributed by atoms with Crippen LogP contribution in [0.1, 0.15) is 27.7 Å². The van der Waals surface area contributed by atoms with Gasteiger partial charge in [0.2, 0.25) is 0 Å². The van der Waals surface area contributed by atoms with E-state index in [2.05, 4.69) is 45.5 Å². The van der Waals surface area contributed by atoms with Crippen molar-refractivity contribution in [2.75, 3.05) is 14.1 Å². The highest BCUT2D eigenvalue weighted by Gasteiger charge is 2.11. The van der Waals surface area contributed by atoms with Crippen molar-refractivity contribution in [2.45, 2.75) is 27.7 Å². The van der Waals surface area contributed by atoms with Crippen LogP contribution in [-0.2, 0) is 0 Å². The first kappa shape index (κ1) is 12.9. The molecule has 80 valence electrons. The Kier molecular flexibility index (Phi) is 4.61. The van der Waals surface area contributed by atoms with Crippen LogP contribution in [0.4, 0.5) is 0 Å². The van der Waals surface area contributed by atoms with Crippen LogP contribution in [0.15, 0.2) is 28.5 Å². The second-order valence-electron chi connectivity index (χ2n) is 4.68. The molecule has 0 fully saturated rings. The van der Waals surface area contributed by atoms with Crippen molar-refractivity contribution < 1.29 is 0 Å². The lowest BCUT2D eigenvalue weighted by Crippen LogP contribution is -2.09. The Morgan fingerprint density at radius 1 is 1.21 bits per heavy atom. The van der Waals surface area contributed by atoms with Gasteiger partial charge in [0.1, 0.15) is 5.82 Å². The second kappa shape index (κ2) is 4.99. The van der Waals surface area contributed by atoms with Crippen molar-refractivity contribution >= 4 is 6.72 Å². The van der Waals surface area contributed by atoms with E-state index in [-0.39, 0.29) is 5.41 Å². The summed E-state index contributed by atoms with van der Waals surface area (Å²) in [7, 11) is 3.92. The number of rotatable bonds is 3. The summed E-state index contributed by atoms with van der Waals surface area (Å²) in [6.07, 6.45) is 4.09. The van der Waals surface area contributed by atoms with Crippen LogP contribution in [-0.4, -0.2) is 25.7 Å². The normalized spacial score (nSPS) is 14.1. The molecule has 0 saturated heterocycles. The number of hydrogen-bond acceptors (Lipinski definition) is 2. The standard InChI is InChI=1S/C12H22N2/c1-10(12(2,3)4)8-9-11(13-5)14(6)7/h8-9H,5H2,1-4,6-7H3/b10-8+,11-9+. The maximum absolute atomic E-state index is 3.93. The van der Waals surface area contributed by atoms with E-state index in [4.69, 9.17) is 0 Å². The molecule has 0 aromatic carbocycles. The lowest BCUT2D eigenvalue weighted by atomic mass is 9.87. The summed E-state index contributed by atoms with van der Waals surface area (Å²) >= 11 is 0. The molecule has 0 saturated carbocycles. The van der Waals surface area contributed by atoms with Gasteiger partial charge in [0, 0.05) is 14.1 Å². The molecule has 2 heteroatoms. The smallest absolute Gasteiger partial charge is 0.127 e. The number of nitrogens with zero attached hydrogens (tertiary/aromatic N) is 2. The summed E-state index contributed by atoms with van der Waals surface area (Å²) in [6.45, 7) is 12.3. The maximum Gasteiger partial charge on any atom is 0.127 e. The number of aliphatic imine (C=N–C) groups is 1. The molecule has 0 radical (unpaired) electrons. The Hall–Kier alpha value is -1.05. The third kappa shape index (κ3) is 4.26. The van der Waals surface area contributed by atoms with E-state index < -0.39 is 0 Å². The molecule has 0 aromatic heterocycles. The second-order valence-corrected chi connectivity index (χ2v) is 4.68. The third-order valence-electron chi connectivity index (χ3n) is 2.29. The van der Waals surface area contributed by atoms with Crippen molar-refractivity contribution in [2.24, 2.45) is 10.4 Å². The number of allylic oxidation sites excluding steroid dienone is 3. The highest BCUT2D eigenvalue weighted by Crippen LogP contribution is 2.24. The highest BCUT2D eigenvalue weighted by atomic mass is 15.2. The van der Waals surface area contributed by atoms with Crippen molar-refractivity contribution in [1.82, 2.24) is 4.90 Å². The predicted octanol–water partition coefficient (Wildman–Crippen LogP) is 3.08. The zero-order valence-corrected chi connectivity index (χ0v) is 10.3. The van der Waals surface area contributed by atoms with Crippen LogP contribution in [0.2, 0.25) is 0 Å². The van der Waals surface area contributed by atoms with Crippen LogP contribution in [0.25, 0.3) is 0 Å². The van der Waals surface area contributed by atoms with E-state index >= 15 is 0 Å². The SMILES string of the molecule is C=N/C(=C\C=C(/C)C(C)(C)C)N(C)C. The Balaban J connectivity index is 4.76. The van der Waals surface area contributed by atoms with E-state index in [0.717, 1.165) is 5.82 Å². The van der Waals surface area contributed by atoms with E-state index in [1.54, 1.807) is 0 Å². The van der Waals surface area contributed by atoms with Crippen LogP contribution < -0.4 is 0 Å². The zero-order chi connectivity index (χ0) is 11.4. The van der Waals surface area contributed by atoms with Gasteiger partial charge in [-0.05, 0) is 25.1 Å². The lowest BCUT2D eigenvalue weighted by molar-refractivity contribution is 0.499. The molecule has 0 unspecified atom stereocenters. The minimum Gasteiger partial charge on any atom is -0.363 e. The lowest BCUT2D eigenvalue weighted by Gasteiger charge is -2.19. The van der Waals surface area contributed by atoms with E-state index in [1.807, 2.05) is 25.1 Å². The molecular weight excluding hydrogens is 172 g/mol.